The summed E-state index contributed by atoms with van der Waals surface area (Å²) >= 11 is 0. The lowest BCUT2D eigenvalue weighted by Crippen LogP contribution is -2.51. The normalized spacial score (nSPS) is 27.3. The Morgan fingerprint density at radius 2 is 0.945 bits per heavy atom. The second kappa shape index (κ2) is 29.2. The van der Waals surface area contributed by atoms with Crippen molar-refractivity contribution in [2.45, 2.75) is 130 Å². The van der Waals surface area contributed by atoms with Gasteiger partial charge in [-0.15, -0.1) is 0 Å². The molecule has 4 amide bonds. The van der Waals surface area contributed by atoms with Crippen LogP contribution in [0.2, 0.25) is 0 Å². The number of hydrogen-bond acceptors (Lipinski definition) is 16. The number of H-pyrrole nitrogens is 1. The van der Waals surface area contributed by atoms with Crippen molar-refractivity contribution in [3.05, 3.63) is 173 Å². The van der Waals surface area contributed by atoms with Gasteiger partial charge in [-0.1, -0.05) is 117 Å². The number of pyridine rings is 1. The maximum Gasteiger partial charge on any atom is 0.224 e. The minimum Gasteiger partial charge on any atom is -0.347 e. The molecule has 6 aliphatic heterocycles. The quantitative estimate of drug-likeness (QED) is 0.0406. The predicted molar refractivity (Wildman–Crippen MR) is 429 cm³/mol. The van der Waals surface area contributed by atoms with E-state index in [4.69, 9.17) is 5.10 Å². The Balaban J connectivity index is 0.000000104. The molecule has 22 heteroatoms. The average Bonchev–Trinajstić information content (AvgIpc) is 1.60. The molecule has 15 atom stereocenters. The molecule has 5 saturated carbocycles. The number of nitrogens with one attached hydrogen (secondary N) is 10. The van der Waals surface area contributed by atoms with E-state index in [0.29, 0.717) is 71.4 Å². The van der Waals surface area contributed by atoms with Gasteiger partial charge in [0.25, 0.3) is 0 Å². The van der Waals surface area contributed by atoms with Gasteiger partial charge < -0.3 is 47.9 Å². The lowest BCUT2D eigenvalue weighted by molar-refractivity contribution is -0.125. The molecule has 11 aliphatic rings. The van der Waals surface area contributed by atoms with Crippen molar-refractivity contribution < 1.29 is 24.0 Å². The van der Waals surface area contributed by atoms with Crippen LogP contribution in [0.1, 0.15) is 122 Å². The molecule has 20 rings (SSSR count). The molecule has 5 unspecified atom stereocenters. The maximum atomic E-state index is 12.7. The molecule has 576 valence electrons. The summed E-state index contributed by atoms with van der Waals surface area (Å²) < 4.78 is 2.01. The molecule has 5 saturated heterocycles. The second-order valence-corrected chi connectivity index (χ2v) is 35.8. The van der Waals surface area contributed by atoms with Gasteiger partial charge in [0.1, 0.15) is 12.1 Å². The average molecular weight is 1480 g/mol. The van der Waals surface area contributed by atoms with Crippen molar-refractivity contribution in [3.63, 3.8) is 0 Å². The Morgan fingerprint density at radius 1 is 0.473 bits per heavy atom. The fourth-order valence-corrected chi connectivity index (χ4v) is 19.9. The van der Waals surface area contributed by atoms with E-state index >= 15 is 0 Å². The number of rotatable bonds is 17. The number of benzene rings is 5. The molecular formula is C88H109N17O5. The van der Waals surface area contributed by atoms with Crippen LogP contribution in [0.15, 0.2) is 139 Å². The smallest absolute Gasteiger partial charge is 0.224 e. The number of fused-ring (bicyclic) bond motifs is 10. The number of para-hydroxylation sites is 3. The zero-order valence-corrected chi connectivity index (χ0v) is 65.7. The predicted octanol–water partition coefficient (Wildman–Crippen LogP) is 9.29. The van der Waals surface area contributed by atoms with Crippen molar-refractivity contribution >= 4 is 78.6 Å². The first kappa shape index (κ1) is 74.9. The van der Waals surface area contributed by atoms with E-state index in [0.717, 1.165) is 156 Å². The van der Waals surface area contributed by atoms with Crippen LogP contribution in [0.5, 0.6) is 0 Å². The summed E-state index contributed by atoms with van der Waals surface area (Å²) in [6.07, 6.45) is 5.91. The van der Waals surface area contributed by atoms with E-state index in [1.54, 1.807) is 6.33 Å². The van der Waals surface area contributed by atoms with Crippen molar-refractivity contribution in [2.75, 3.05) is 65.4 Å². The Labute approximate surface area is 644 Å². The summed E-state index contributed by atoms with van der Waals surface area (Å²) in [4.78, 5) is 80.8. The monoisotopic (exact) mass is 1480 g/mol. The number of aliphatic imine (C=N–C) groups is 1. The van der Waals surface area contributed by atoms with Crippen LogP contribution in [-0.2, 0) is 59.1 Å². The fraction of sp³-hybridized carbons (Fsp3) is 0.511. The van der Waals surface area contributed by atoms with Crippen molar-refractivity contribution in [1.82, 2.24) is 82.8 Å². The summed E-state index contributed by atoms with van der Waals surface area (Å²) in [5.74, 6) is 7.75. The summed E-state index contributed by atoms with van der Waals surface area (Å²) in [5.41, 5.74) is 9.60. The molecule has 0 radical (unpaired) electrons. The molecule has 110 heavy (non-hydrogen) atoms. The SMILES string of the molecule is CC(C)(CC(=O)C1[C@H]2CNC[C@@H]12)c1ncnc2ccccc12.CC(C)(NC(=O)C1[C@H]2CNC[C@@H]12)C1=NCc2ccccc21.CC(C)(NC(=O)C1[C@H]2CNC[C@@H]12)c1cncc2ccccc12.CCn1nc(C(C)(C)NC(=O)C2[C@H]3CNC[C@@H]23)c2ccccc21.Cc1cccc2c(C(C)(C)NC(=O)C3[C@H]4CNC[C@@H]34)[nH]nc12. The Hall–Kier alpha value is -9.19. The fourth-order valence-electron chi connectivity index (χ4n) is 19.9. The first-order valence-electron chi connectivity index (χ1n) is 40.2. The highest BCUT2D eigenvalue weighted by atomic mass is 16.2. The lowest BCUT2D eigenvalue weighted by Gasteiger charge is -2.28. The van der Waals surface area contributed by atoms with Crippen molar-refractivity contribution in [2.24, 2.45) is 93.8 Å². The van der Waals surface area contributed by atoms with Gasteiger partial charge in [-0.25, -0.2) is 9.97 Å². The third-order valence-corrected chi connectivity index (χ3v) is 26.2. The zero-order valence-electron chi connectivity index (χ0n) is 65.7. The number of nitrogens with zero attached hydrogens (tertiary/aromatic N) is 7. The Kier molecular flexibility index (Phi) is 19.8. The third kappa shape index (κ3) is 14.4. The van der Waals surface area contributed by atoms with Crippen LogP contribution in [0, 0.1) is 95.7 Å². The van der Waals surface area contributed by atoms with E-state index in [1.165, 1.54) is 11.1 Å². The van der Waals surface area contributed by atoms with Gasteiger partial charge in [0, 0.05) is 93.0 Å². The number of Topliss-reactive ketones (excluding diaryl/α,β-unsaturated/α-hetero) is 1. The van der Waals surface area contributed by atoms with E-state index in [-0.39, 0.29) is 58.6 Å². The molecule has 5 aliphatic carbocycles. The number of hydrogen-bond donors (Lipinski definition) is 10. The van der Waals surface area contributed by atoms with Gasteiger partial charge in [0.2, 0.25) is 23.6 Å². The minimum atomic E-state index is -0.471. The highest BCUT2D eigenvalue weighted by Gasteiger charge is 2.61. The zero-order chi connectivity index (χ0) is 76.9. The molecule has 0 bridgehead atoms. The van der Waals surface area contributed by atoms with Gasteiger partial charge in [-0.2, -0.15) is 10.2 Å². The molecule has 9 aromatic rings. The van der Waals surface area contributed by atoms with Crippen molar-refractivity contribution in [3.8, 4) is 0 Å². The molecule has 5 aromatic carbocycles. The summed E-state index contributed by atoms with van der Waals surface area (Å²) in [6.45, 7) is 36.3. The van der Waals surface area contributed by atoms with Crippen LogP contribution < -0.4 is 47.9 Å². The number of aromatic amines is 1. The van der Waals surface area contributed by atoms with E-state index in [2.05, 4.69) is 196 Å². The number of aryl methyl sites for hydroxylation is 2. The van der Waals surface area contributed by atoms with Gasteiger partial charge in [0.05, 0.1) is 68.0 Å². The van der Waals surface area contributed by atoms with Crippen LogP contribution in [-0.4, -0.2) is 141 Å². The van der Waals surface area contributed by atoms with Crippen LogP contribution in [0.4, 0.5) is 0 Å². The van der Waals surface area contributed by atoms with E-state index < -0.39 is 22.2 Å². The van der Waals surface area contributed by atoms with Gasteiger partial charge in [-0.05, 0) is 223 Å². The molecule has 4 aromatic heterocycles. The molecule has 10 heterocycles. The van der Waals surface area contributed by atoms with E-state index in [1.807, 2.05) is 97.7 Å². The summed E-state index contributed by atoms with van der Waals surface area (Å²) in [7, 11) is 0. The van der Waals surface area contributed by atoms with Gasteiger partial charge in [-0.3, -0.25) is 43.7 Å². The first-order chi connectivity index (χ1) is 52.7. The number of ketones is 1. The second-order valence-electron chi connectivity index (χ2n) is 35.8. The topological polar surface area (TPSA) is 291 Å². The minimum absolute atomic E-state index is 0.178. The first-order valence-corrected chi connectivity index (χ1v) is 40.2. The van der Waals surface area contributed by atoms with Crippen LogP contribution >= 0.6 is 0 Å². The number of piperidine rings is 5. The highest BCUT2D eigenvalue weighted by molar-refractivity contribution is 6.11. The number of aromatic nitrogens is 7. The third-order valence-electron chi connectivity index (χ3n) is 26.2. The van der Waals surface area contributed by atoms with Gasteiger partial charge in [0.15, 0.2) is 0 Å². The number of amides is 4. The molecular weight excluding hydrogens is 1380 g/mol. The molecule has 10 fully saturated rings. The van der Waals surface area contributed by atoms with Gasteiger partial charge >= 0.3 is 0 Å². The van der Waals surface area contributed by atoms with Crippen molar-refractivity contribution in [1.29, 1.82) is 0 Å². The summed E-state index contributed by atoms with van der Waals surface area (Å²) in [6, 6.07) is 38.9. The standard InChI is InChI=1S/C18H24N4O.2C18H21N3O.C17H22N4O.C17H21N3O/c1-4-22-14-8-6-5-7-11(14)16(21-22)18(2,3)20-17(23)15-12-9-19-10-13(12)15;1-18(2,7-15(22)16-12-8-19-9-13(12)16)17-11-5-3-4-6-14(11)20-10-21-17;1-18(2,21-17(22)16-13-8-20-9-14(13)16)15-10-19-7-11-5-3-4-6-12(11)15;1-9-5-4-6-10-14(9)20-21-15(10)17(2,3)19-16(22)13-11-7-18-8-12(11)13;1-17(2,15-11-6-4-3-5-10(11)7-19-15)20-16(21)14-12-8-18-9-13(12)14/h5-8,12-13,15,19H,4,9-10H2,1-3H3,(H,20,23);3-6,10,12-13,16,19H,7-9H2,1-2H3;3-7,10,13-14,16,20H,8-9H2,1-2H3,(H,21,22);4-6,11-13,18H,7-8H2,1-3H3,(H,19,22)(H,20,21);3-6,12-14,18H,7-9H2,1-2H3,(H,20,21)/t12-,13+,15?;12-,13+,16?;13-,14+,16?;11-,12+,13?;12-,13+,14?. The van der Waals surface area contributed by atoms with Crippen LogP contribution in [0.25, 0.3) is 43.5 Å². The lowest BCUT2D eigenvalue weighted by atomic mass is 9.80. The largest absolute Gasteiger partial charge is 0.347 e. The highest BCUT2D eigenvalue weighted by Crippen LogP contribution is 2.54. The van der Waals surface area contributed by atoms with Crippen LogP contribution in [0.3, 0.4) is 0 Å². The number of carbonyl (C=O) groups is 5. The molecule has 0 spiro atoms. The molecule has 10 N–H and O–H groups in total. The number of carbonyl (C=O) groups excluding carboxylic acids is 5. The summed E-state index contributed by atoms with van der Waals surface area (Å²) in [5, 5.41) is 47.5. The Bertz CT molecular complexity index is 4890. The molecule has 22 nitrogen and oxygen atoms in total. The van der Waals surface area contributed by atoms with E-state index in [9.17, 15) is 24.0 Å². The maximum absolute atomic E-state index is 12.7. The Morgan fingerprint density at radius 3 is 1.52 bits per heavy atom.